The average molecular weight is 344 g/mol. The van der Waals surface area contributed by atoms with Crippen LogP contribution in [-0.2, 0) is 0 Å². The number of rotatable bonds is 6. The predicted octanol–water partition coefficient (Wildman–Crippen LogP) is 2.76. The van der Waals surface area contributed by atoms with Gasteiger partial charge in [-0.1, -0.05) is 18.6 Å². The molecular formula is C21H33N3O. The second-order valence-electron chi connectivity index (χ2n) is 8.38. The van der Waals surface area contributed by atoms with Crippen LogP contribution in [0.3, 0.4) is 0 Å². The molecular weight excluding hydrogens is 310 g/mol. The van der Waals surface area contributed by atoms with Crippen molar-refractivity contribution in [2.75, 3.05) is 46.9 Å². The van der Waals surface area contributed by atoms with Crippen molar-refractivity contribution in [1.82, 2.24) is 15.1 Å². The van der Waals surface area contributed by atoms with E-state index >= 15 is 0 Å². The lowest BCUT2D eigenvalue weighted by Gasteiger charge is -2.37. The van der Waals surface area contributed by atoms with Gasteiger partial charge in [-0.25, -0.2) is 0 Å². The average Bonchev–Trinajstić information content (AvgIpc) is 3.26. The van der Waals surface area contributed by atoms with E-state index in [1.807, 2.05) is 0 Å². The molecule has 4 rings (SSSR count). The molecule has 4 atom stereocenters. The SMILES string of the molecule is COc1ccc(C(CN2CCN(C)CC2)NC2CC3CCC2C3)cc1. The summed E-state index contributed by atoms with van der Waals surface area (Å²) in [5.41, 5.74) is 1.41. The molecule has 3 fully saturated rings. The summed E-state index contributed by atoms with van der Waals surface area (Å²) in [4.78, 5) is 5.07. The Kier molecular flexibility index (Phi) is 5.30. The molecule has 138 valence electrons. The summed E-state index contributed by atoms with van der Waals surface area (Å²) in [5.74, 6) is 2.85. The number of ether oxygens (including phenoxy) is 1. The standard InChI is InChI=1S/C21H33N3O/c1-23-9-11-24(12-10-23)15-21(17-5-7-19(25-2)8-6-17)22-20-14-16-3-4-18(20)13-16/h5-8,16,18,20-22H,3-4,9-15H2,1-2H3. The number of nitrogens with one attached hydrogen (secondary N) is 1. The third kappa shape index (κ3) is 4.02. The predicted molar refractivity (Wildman–Crippen MR) is 102 cm³/mol. The highest BCUT2D eigenvalue weighted by molar-refractivity contribution is 5.29. The minimum absolute atomic E-state index is 0.429. The molecule has 0 aromatic heterocycles. The van der Waals surface area contributed by atoms with E-state index in [0.717, 1.165) is 30.2 Å². The number of hydrogen-bond acceptors (Lipinski definition) is 4. The van der Waals surface area contributed by atoms with Crippen LogP contribution >= 0.6 is 0 Å². The molecule has 1 saturated heterocycles. The van der Waals surface area contributed by atoms with Gasteiger partial charge in [0, 0.05) is 44.8 Å². The smallest absolute Gasteiger partial charge is 0.118 e. The van der Waals surface area contributed by atoms with Crippen molar-refractivity contribution in [2.24, 2.45) is 11.8 Å². The summed E-state index contributed by atoms with van der Waals surface area (Å²) in [6.07, 6.45) is 5.75. The molecule has 2 bridgehead atoms. The summed E-state index contributed by atoms with van der Waals surface area (Å²) in [6, 6.07) is 9.86. The molecule has 1 aliphatic heterocycles. The van der Waals surface area contributed by atoms with Gasteiger partial charge in [0.25, 0.3) is 0 Å². The number of piperazine rings is 1. The van der Waals surface area contributed by atoms with Gasteiger partial charge in [0.2, 0.25) is 0 Å². The van der Waals surface area contributed by atoms with Crippen LogP contribution in [0.15, 0.2) is 24.3 Å². The van der Waals surface area contributed by atoms with E-state index in [4.69, 9.17) is 4.74 Å². The molecule has 0 radical (unpaired) electrons. The number of fused-ring (bicyclic) bond motifs is 2. The lowest BCUT2D eigenvalue weighted by Crippen LogP contribution is -2.48. The molecule has 0 spiro atoms. The van der Waals surface area contributed by atoms with E-state index in [9.17, 15) is 0 Å². The Hall–Kier alpha value is -1.10. The first-order valence-corrected chi connectivity index (χ1v) is 10.0. The quantitative estimate of drug-likeness (QED) is 0.860. The van der Waals surface area contributed by atoms with Gasteiger partial charge in [-0.15, -0.1) is 0 Å². The third-order valence-corrected chi connectivity index (χ3v) is 6.71. The molecule has 3 aliphatic rings. The van der Waals surface area contributed by atoms with Gasteiger partial charge in [-0.3, -0.25) is 4.90 Å². The Morgan fingerprint density at radius 1 is 1.08 bits per heavy atom. The fourth-order valence-electron chi connectivity index (χ4n) is 5.09. The molecule has 0 amide bonds. The van der Waals surface area contributed by atoms with E-state index in [2.05, 4.69) is 46.4 Å². The zero-order valence-corrected chi connectivity index (χ0v) is 15.8. The summed E-state index contributed by atoms with van der Waals surface area (Å²) in [6.45, 7) is 5.85. The summed E-state index contributed by atoms with van der Waals surface area (Å²) >= 11 is 0. The first kappa shape index (κ1) is 17.3. The molecule has 4 unspecified atom stereocenters. The highest BCUT2D eigenvalue weighted by Crippen LogP contribution is 2.45. The van der Waals surface area contributed by atoms with Crippen LogP contribution in [0.2, 0.25) is 0 Å². The third-order valence-electron chi connectivity index (χ3n) is 6.71. The van der Waals surface area contributed by atoms with Crippen LogP contribution in [0.1, 0.15) is 37.3 Å². The lowest BCUT2D eigenvalue weighted by atomic mass is 9.93. The van der Waals surface area contributed by atoms with Crippen molar-refractivity contribution >= 4 is 0 Å². The van der Waals surface area contributed by atoms with Gasteiger partial charge in [0.15, 0.2) is 0 Å². The maximum atomic E-state index is 5.35. The molecule has 25 heavy (non-hydrogen) atoms. The van der Waals surface area contributed by atoms with E-state index in [1.165, 1.54) is 57.4 Å². The van der Waals surface area contributed by atoms with Crippen LogP contribution in [0.4, 0.5) is 0 Å². The van der Waals surface area contributed by atoms with Gasteiger partial charge in [0.1, 0.15) is 5.75 Å². The summed E-state index contributed by atoms with van der Waals surface area (Å²) in [5, 5.41) is 4.06. The van der Waals surface area contributed by atoms with Crippen LogP contribution in [0, 0.1) is 11.8 Å². The zero-order valence-electron chi connectivity index (χ0n) is 15.8. The van der Waals surface area contributed by atoms with Gasteiger partial charge >= 0.3 is 0 Å². The van der Waals surface area contributed by atoms with E-state index in [-0.39, 0.29) is 0 Å². The van der Waals surface area contributed by atoms with Crippen molar-refractivity contribution < 1.29 is 4.74 Å². The Morgan fingerprint density at radius 2 is 1.84 bits per heavy atom. The molecule has 1 N–H and O–H groups in total. The van der Waals surface area contributed by atoms with Crippen molar-refractivity contribution in [3.05, 3.63) is 29.8 Å². The Labute approximate surface area is 152 Å². The van der Waals surface area contributed by atoms with E-state index < -0.39 is 0 Å². The van der Waals surface area contributed by atoms with Crippen molar-refractivity contribution in [1.29, 1.82) is 0 Å². The van der Waals surface area contributed by atoms with Crippen molar-refractivity contribution in [3.63, 3.8) is 0 Å². The molecule has 2 aliphatic carbocycles. The molecule has 4 nitrogen and oxygen atoms in total. The van der Waals surface area contributed by atoms with Crippen molar-refractivity contribution in [3.8, 4) is 5.75 Å². The van der Waals surface area contributed by atoms with Crippen LogP contribution in [-0.4, -0.2) is 62.7 Å². The van der Waals surface area contributed by atoms with Gasteiger partial charge in [-0.2, -0.15) is 0 Å². The topological polar surface area (TPSA) is 27.7 Å². The van der Waals surface area contributed by atoms with Crippen molar-refractivity contribution in [2.45, 2.75) is 37.8 Å². The number of likely N-dealkylation sites (N-methyl/N-ethyl adjacent to an activating group) is 1. The number of benzene rings is 1. The number of hydrogen-bond donors (Lipinski definition) is 1. The largest absolute Gasteiger partial charge is 0.497 e. The van der Waals surface area contributed by atoms with E-state index in [0.29, 0.717) is 6.04 Å². The van der Waals surface area contributed by atoms with Crippen LogP contribution < -0.4 is 10.1 Å². The first-order chi connectivity index (χ1) is 12.2. The first-order valence-electron chi connectivity index (χ1n) is 10.0. The fourth-order valence-corrected chi connectivity index (χ4v) is 5.09. The van der Waals surface area contributed by atoms with Crippen LogP contribution in [0.5, 0.6) is 5.75 Å². The van der Waals surface area contributed by atoms with Gasteiger partial charge in [-0.05, 0) is 55.8 Å². The zero-order chi connectivity index (χ0) is 17.2. The van der Waals surface area contributed by atoms with Gasteiger partial charge in [0.05, 0.1) is 7.11 Å². The highest BCUT2D eigenvalue weighted by atomic mass is 16.5. The summed E-state index contributed by atoms with van der Waals surface area (Å²) < 4.78 is 5.35. The monoisotopic (exact) mass is 343 g/mol. The summed E-state index contributed by atoms with van der Waals surface area (Å²) in [7, 11) is 3.97. The van der Waals surface area contributed by atoms with Crippen LogP contribution in [0.25, 0.3) is 0 Å². The Bertz CT molecular complexity index is 553. The molecule has 2 saturated carbocycles. The van der Waals surface area contributed by atoms with E-state index in [1.54, 1.807) is 7.11 Å². The maximum Gasteiger partial charge on any atom is 0.118 e. The second kappa shape index (κ2) is 7.65. The Balaban J connectivity index is 1.45. The molecule has 1 aromatic carbocycles. The normalized spacial score (nSPS) is 31.4. The maximum absolute atomic E-state index is 5.35. The van der Waals surface area contributed by atoms with Gasteiger partial charge < -0.3 is 15.0 Å². The number of methoxy groups -OCH3 is 1. The highest BCUT2D eigenvalue weighted by Gasteiger charge is 2.40. The number of nitrogens with zero attached hydrogens (tertiary/aromatic N) is 2. The second-order valence-corrected chi connectivity index (χ2v) is 8.38. The Morgan fingerprint density at radius 3 is 2.44 bits per heavy atom. The molecule has 1 aromatic rings. The molecule has 1 heterocycles. The molecule has 4 heteroatoms. The fraction of sp³-hybridized carbons (Fsp3) is 0.714. The minimum Gasteiger partial charge on any atom is -0.497 e. The minimum atomic E-state index is 0.429. The lowest BCUT2D eigenvalue weighted by molar-refractivity contribution is 0.137.